The molecule has 0 amide bonds. The van der Waals surface area contributed by atoms with Crippen molar-refractivity contribution >= 4 is 10.9 Å². The van der Waals surface area contributed by atoms with Crippen LogP contribution in [0.5, 0.6) is 0 Å². The molecule has 0 aliphatic carbocycles. The highest BCUT2D eigenvalue weighted by atomic mass is 19.4. The zero-order valence-corrected chi connectivity index (χ0v) is 16.5. The first-order valence-electron chi connectivity index (χ1n) is 9.19. The Morgan fingerprint density at radius 1 is 1.03 bits per heavy atom. The summed E-state index contributed by atoms with van der Waals surface area (Å²) >= 11 is 0. The lowest BCUT2D eigenvalue weighted by molar-refractivity contribution is -0.136. The van der Waals surface area contributed by atoms with Gasteiger partial charge in [0, 0.05) is 29.5 Å². The number of hydrogen-bond acceptors (Lipinski definition) is 4. The Balaban J connectivity index is 1.86. The monoisotopic (exact) mass is 468 g/mol. The Labute approximate surface area is 180 Å². The second-order valence-corrected chi connectivity index (χ2v) is 7.21. The molecule has 4 aromatic rings. The van der Waals surface area contributed by atoms with Crippen molar-refractivity contribution in [3.63, 3.8) is 0 Å². The summed E-state index contributed by atoms with van der Waals surface area (Å²) in [5.74, 6) is -5.93. The lowest BCUT2D eigenvalue weighted by Gasteiger charge is -2.14. The maximum absolute atomic E-state index is 14.3. The minimum absolute atomic E-state index is 0.109. The fraction of sp³-hybridized carbons (Fsp3) is 0.190. The summed E-state index contributed by atoms with van der Waals surface area (Å²) in [5, 5.41) is 12.1. The van der Waals surface area contributed by atoms with Crippen LogP contribution in [0, 0.1) is 23.0 Å². The summed E-state index contributed by atoms with van der Waals surface area (Å²) in [6.07, 6.45) is -4.97. The molecule has 2 aromatic carbocycles. The predicted octanol–water partition coefficient (Wildman–Crippen LogP) is 6.02. The summed E-state index contributed by atoms with van der Waals surface area (Å²) in [4.78, 5) is 3.92. The third-order valence-electron chi connectivity index (χ3n) is 4.82. The first-order valence-corrected chi connectivity index (χ1v) is 9.19. The van der Waals surface area contributed by atoms with E-state index < -0.39 is 52.5 Å². The van der Waals surface area contributed by atoms with Gasteiger partial charge < -0.3 is 9.09 Å². The van der Waals surface area contributed by atoms with Crippen molar-refractivity contribution in [1.82, 2.24) is 14.7 Å². The molecular weight excluding hydrogens is 457 g/mol. The molecule has 0 spiro atoms. The van der Waals surface area contributed by atoms with Gasteiger partial charge in [0.15, 0.2) is 5.82 Å². The van der Waals surface area contributed by atoms with Gasteiger partial charge in [-0.1, -0.05) is 5.16 Å². The summed E-state index contributed by atoms with van der Waals surface area (Å²) in [7, 11) is 0. The average molecular weight is 468 g/mol. The molecule has 0 fully saturated rings. The van der Waals surface area contributed by atoms with E-state index in [0.29, 0.717) is 19.1 Å². The first kappa shape index (κ1) is 22.3. The molecule has 0 radical (unpaired) electrons. The second-order valence-electron chi connectivity index (χ2n) is 7.21. The number of nitriles is 1. The maximum atomic E-state index is 14.3. The van der Waals surface area contributed by atoms with E-state index in [1.165, 1.54) is 6.07 Å². The van der Waals surface area contributed by atoms with Gasteiger partial charge >= 0.3 is 6.18 Å². The van der Waals surface area contributed by atoms with Crippen LogP contribution >= 0.6 is 0 Å². The molecule has 5 nitrogen and oxygen atoms in total. The van der Waals surface area contributed by atoms with Gasteiger partial charge in [-0.2, -0.15) is 23.4 Å². The molecule has 0 atom stereocenters. The molecule has 0 bridgehead atoms. The Morgan fingerprint density at radius 2 is 1.70 bits per heavy atom. The van der Waals surface area contributed by atoms with Gasteiger partial charge in [-0.05, 0) is 30.3 Å². The Kier molecular flexibility index (Phi) is 5.15. The van der Waals surface area contributed by atoms with Crippen LogP contribution < -0.4 is 0 Å². The van der Waals surface area contributed by atoms with Crippen LogP contribution in [-0.2, 0) is 18.6 Å². The van der Waals surface area contributed by atoms with Gasteiger partial charge in [0.25, 0.3) is 11.8 Å². The number of rotatable bonds is 4. The SMILES string of the molecule is CC(F)(F)c1cc2c(C(F)(F)F)c(C#N)ccc2n1Cc1noc(-c2cc(F)cc(F)c2)n1. The molecule has 170 valence electrons. The van der Waals surface area contributed by atoms with E-state index in [1.807, 2.05) is 0 Å². The topological polar surface area (TPSA) is 67.6 Å². The van der Waals surface area contributed by atoms with E-state index in [-0.39, 0.29) is 22.8 Å². The van der Waals surface area contributed by atoms with E-state index in [4.69, 9.17) is 9.78 Å². The Morgan fingerprint density at radius 3 is 2.27 bits per heavy atom. The summed E-state index contributed by atoms with van der Waals surface area (Å²) in [5.41, 5.74) is -3.17. The van der Waals surface area contributed by atoms with E-state index in [1.54, 1.807) is 0 Å². The molecule has 0 unspecified atom stereocenters. The molecular formula is C21H11F7N4O. The van der Waals surface area contributed by atoms with Gasteiger partial charge in [-0.15, -0.1) is 0 Å². The number of fused-ring (bicyclic) bond motifs is 1. The molecule has 33 heavy (non-hydrogen) atoms. The predicted molar refractivity (Wildman–Crippen MR) is 100.0 cm³/mol. The number of aromatic nitrogens is 3. The molecule has 0 aliphatic rings. The highest BCUT2D eigenvalue weighted by Gasteiger charge is 2.39. The molecule has 0 N–H and O–H groups in total. The molecule has 4 rings (SSSR count). The smallest absolute Gasteiger partial charge is 0.334 e. The zero-order valence-electron chi connectivity index (χ0n) is 16.5. The minimum atomic E-state index is -4.97. The number of halogens is 7. The molecule has 12 heteroatoms. The summed E-state index contributed by atoms with van der Waals surface area (Å²) in [6.45, 7) is -0.0277. The lowest BCUT2D eigenvalue weighted by Crippen LogP contribution is -2.16. The molecule has 0 saturated heterocycles. The molecule has 0 saturated carbocycles. The van der Waals surface area contributed by atoms with E-state index in [0.717, 1.165) is 28.8 Å². The summed E-state index contributed by atoms with van der Waals surface area (Å²) in [6, 6.07) is 6.54. The van der Waals surface area contributed by atoms with Crippen LogP contribution in [-0.4, -0.2) is 14.7 Å². The standard InChI is InChI=1S/C21H11F7N4O/c1-20(24,25)16-7-14-15(3-2-10(8-29)18(14)21(26,27)28)32(16)9-17-30-19(33-31-17)11-4-12(22)6-13(23)5-11/h2-7H,9H2,1H3. The Hall–Kier alpha value is -3.88. The molecule has 2 heterocycles. The lowest BCUT2D eigenvalue weighted by atomic mass is 10.0. The highest BCUT2D eigenvalue weighted by molar-refractivity contribution is 5.87. The van der Waals surface area contributed by atoms with Crippen molar-refractivity contribution in [3.05, 3.63) is 70.7 Å². The fourth-order valence-electron chi connectivity index (χ4n) is 3.52. The van der Waals surface area contributed by atoms with Crippen LogP contribution in [0.2, 0.25) is 0 Å². The van der Waals surface area contributed by atoms with Gasteiger partial charge in [0.05, 0.1) is 29.4 Å². The fourth-order valence-corrected chi connectivity index (χ4v) is 3.52. The van der Waals surface area contributed by atoms with E-state index in [9.17, 15) is 30.7 Å². The van der Waals surface area contributed by atoms with Crippen LogP contribution in [0.25, 0.3) is 22.4 Å². The van der Waals surface area contributed by atoms with Crippen LogP contribution in [0.1, 0.15) is 29.6 Å². The van der Waals surface area contributed by atoms with Crippen LogP contribution in [0.3, 0.4) is 0 Å². The van der Waals surface area contributed by atoms with Gasteiger partial charge in [0.2, 0.25) is 0 Å². The van der Waals surface area contributed by atoms with Crippen molar-refractivity contribution in [2.75, 3.05) is 0 Å². The highest BCUT2D eigenvalue weighted by Crippen LogP contribution is 2.41. The van der Waals surface area contributed by atoms with Crippen molar-refractivity contribution in [1.29, 1.82) is 5.26 Å². The van der Waals surface area contributed by atoms with Crippen LogP contribution in [0.15, 0.2) is 40.9 Å². The Bertz CT molecular complexity index is 1390. The van der Waals surface area contributed by atoms with Crippen LogP contribution in [0.4, 0.5) is 30.7 Å². The normalized spacial score (nSPS) is 12.3. The first-order chi connectivity index (χ1) is 15.4. The van der Waals surface area contributed by atoms with Gasteiger partial charge in [0.1, 0.15) is 11.6 Å². The molecule has 0 aliphatic heterocycles. The zero-order chi connectivity index (χ0) is 24.1. The number of nitrogens with zero attached hydrogens (tertiary/aromatic N) is 4. The van der Waals surface area contributed by atoms with Gasteiger partial charge in [-0.25, -0.2) is 17.6 Å². The van der Waals surface area contributed by atoms with Crippen molar-refractivity contribution in [3.8, 4) is 17.5 Å². The average Bonchev–Trinajstić information content (AvgIpc) is 3.31. The van der Waals surface area contributed by atoms with E-state index >= 15 is 0 Å². The summed E-state index contributed by atoms with van der Waals surface area (Å²) < 4.78 is 102. The largest absolute Gasteiger partial charge is 0.418 e. The minimum Gasteiger partial charge on any atom is -0.334 e. The number of alkyl halides is 5. The number of benzene rings is 2. The van der Waals surface area contributed by atoms with Crippen molar-refractivity contribution in [2.45, 2.75) is 25.6 Å². The maximum Gasteiger partial charge on any atom is 0.418 e. The van der Waals surface area contributed by atoms with Crippen molar-refractivity contribution in [2.24, 2.45) is 0 Å². The third-order valence-corrected chi connectivity index (χ3v) is 4.82. The third kappa shape index (κ3) is 4.13. The van der Waals surface area contributed by atoms with Crippen molar-refractivity contribution < 1.29 is 35.3 Å². The quantitative estimate of drug-likeness (QED) is 0.344. The second kappa shape index (κ2) is 7.61. The molecule has 2 aromatic heterocycles. The van der Waals surface area contributed by atoms with Gasteiger partial charge in [-0.3, -0.25) is 0 Å². The van der Waals surface area contributed by atoms with E-state index in [2.05, 4.69) is 10.1 Å². The number of hydrogen-bond donors (Lipinski definition) is 0.